The van der Waals surface area contributed by atoms with Crippen LogP contribution in [-0.2, 0) is 4.84 Å². The summed E-state index contributed by atoms with van der Waals surface area (Å²) in [6.45, 7) is 1.74. The number of hydrogen-bond acceptors (Lipinski definition) is 2. The summed E-state index contributed by atoms with van der Waals surface area (Å²) in [6.07, 6.45) is -0.615. The number of hydrogen-bond donors (Lipinski definition) is 0. The fourth-order valence-electron chi connectivity index (χ4n) is 1.72. The minimum atomic E-state index is -2.54. The van der Waals surface area contributed by atoms with Crippen molar-refractivity contribution in [1.29, 1.82) is 0 Å². The quantitative estimate of drug-likeness (QED) is 0.531. The van der Waals surface area contributed by atoms with Gasteiger partial charge in [-0.15, -0.1) is 0 Å². The Bertz CT molecular complexity index is 214. The zero-order valence-electron chi connectivity index (χ0n) is 6.18. The van der Waals surface area contributed by atoms with Gasteiger partial charge in [-0.2, -0.15) is 0 Å². The molecule has 0 aromatic heterocycles. The first-order valence-electron chi connectivity index (χ1n) is 3.67. The van der Waals surface area contributed by atoms with Crippen LogP contribution in [0, 0.1) is 5.92 Å². The van der Waals surface area contributed by atoms with Crippen LogP contribution in [0.2, 0.25) is 0 Å². The van der Waals surface area contributed by atoms with Crippen LogP contribution in [0.5, 0.6) is 0 Å². The molecule has 1 heterocycles. The summed E-state index contributed by atoms with van der Waals surface area (Å²) in [7, 11) is 0. The van der Waals surface area contributed by atoms with Crippen molar-refractivity contribution in [2.45, 2.75) is 31.8 Å². The molecule has 0 spiro atoms. The van der Waals surface area contributed by atoms with Gasteiger partial charge in [-0.1, -0.05) is 5.16 Å². The first-order valence-corrected chi connectivity index (χ1v) is 3.67. The van der Waals surface area contributed by atoms with E-state index in [2.05, 4.69) is 5.16 Å². The van der Waals surface area contributed by atoms with E-state index in [1.165, 1.54) is 0 Å². The molecule has 0 unspecified atom stereocenters. The van der Waals surface area contributed by atoms with Gasteiger partial charge in [-0.3, -0.25) is 0 Å². The summed E-state index contributed by atoms with van der Waals surface area (Å²) >= 11 is 0. The van der Waals surface area contributed by atoms with E-state index < -0.39 is 5.92 Å². The lowest BCUT2D eigenvalue weighted by Crippen LogP contribution is -2.13. The molecule has 0 N–H and O–H groups in total. The highest BCUT2D eigenvalue weighted by atomic mass is 19.3. The average molecular weight is 161 g/mol. The molecule has 1 saturated carbocycles. The Balaban J connectivity index is 2.16. The summed E-state index contributed by atoms with van der Waals surface area (Å²) in [5.74, 6) is -2.67. The van der Waals surface area contributed by atoms with Crippen molar-refractivity contribution in [3.05, 3.63) is 0 Å². The van der Waals surface area contributed by atoms with Gasteiger partial charge in [0.15, 0.2) is 0 Å². The average Bonchev–Trinajstić information content (AvgIpc) is 2.31. The highest BCUT2D eigenvalue weighted by Gasteiger charge is 2.51. The fraction of sp³-hybridized carbons (Fsp3) is 0.857. The lowest BCUT2D eigenvalue weighted by molar-refractivity contribution is -0.0167. The summed E-state index contributed by atoms with van der Waals surface area (Å²) in [5, 5.41) is 3.67. The number of fused-ring (bicyclic) bond motifs is 1. The Hall–Kier alpha value is -0.670. The van der Waals surface area contributed by atoms with Gasteiger partial charge in [0, 0.05) is 12.3 Å². The van der Waals surface area contributed by atoms with E-state index in [9.17, 15) is 8.78 Å². The highest BCUT2D eigenvalue weighted by Crippen LogP contribution is 2.43. The maximum Gasteiger partial charge on any atom is 0.252 e. The van der Waals surface area contributed by atoms with E-state index in [4.69, 9.17) is 4.84 Å². The van der Waals surface area contributed by atoms with Crippen LogP contribution < -0.4 is 0 Å². The normalized spacial score (nSPS) is 39.7. The molecule has 4 heteroatoms. The van der Waals surface area contributed by atoms with Crippen molar-refractivity contribution in [2.24, 2.45) is 11.1 Å². The van der Waals surface area contributed by atoms with Crippen molar-refractivity contribution in [3.63, 3.8) is 0 Å². The third-order valence-electron chi connectivity index (χ3n) is 2.34. The number of halogens is 2. The largest absolute Gasteiger partial charge is 0.392 e. The zero-order chi connectivity index (χ0) is 8.06. The Morgan fingerprint density at radius 2 is 2.27 bits per heavy atom. The fourth-order valence-corrected chi connectivity index (χ4v) is 1.72. The van der Waals surface area contributed by atoms with Gasteiger partial charge in [0.2, 0.25) is 0 Å². The Kier molecular flexibility index (Phi) is 1.23. The molecule has 0 bridgehead atoms. The molecule has 1 fully saturated rings. The molecule has 0 amide bonds. The van der Waals surface area contributed by atoms with Crippen LogP contribution in [0.15, 0.2) is 5.16 Å². The van der Waals surface area contributed by atoms with Gasteiger partial charge in [0.25, 0.3) is 5.92 Å². The van der Waals surface area contributed by atoms with E-state index >= 15 is 0 Å². The summed E-state index contributed by atoms with van der Waals surface area (Å²) in [5.41, 5.74) is 0.715. The maximum absolute atomic E-state index is 12.7. The zero-order valence-corrected chi connectivity index (χ0v) is 6.18. The molecule has 0 saturated heterocycles. The van der Waals surface area contributed by atoms with E-state index in [0.717, 1.165) is 0 Å². The predicted octanol–water partition coefficient (Wildman–Crippen LogP) is 1.81. The molecule has 62 valence electrons. The first-order chi connectivity index (χ1) is 5.08. The second kappa shape index (κ2) is 1.93. The Morgan fingerprint density at radius 1 is 1.55 bits per heavy atom. The van der Waals surface area contributed by atoms with E-state index in [-0.39, 0.29) is 24.9 Å². The number of oxime groups is 1. The summed E-state index contributed by atoms with van der Waals surface area (Å²) < 4.78 is 25.4. The van der Waals surface area contributed by atoms with Crippen molar-refractivity contribution >= 4 is 5.71 Å². The van der Waals surface area contributed by atoms with Crippen LogP contribution in [0.4, 0.5) is 8.78 Å². The minimum absolute atomic E-state index is 0.0903. The second-order valence-corrected chi connectivity index (χ2v) is 3.25. The van der Waals surface area contributed by atoms with Crippen molar-refractivity contribution in [2.75, 3.05) is 0 Å². The third kappa shape index (κ3) is 1.01. The molecule has 0 aromatic carbocycles. The van der Waals surface area contributed by atoms with Gasteiger partial charge in [0.05, 0.1) is 12.1 Å². The van der Waals surface area contributed by atoms with Crippen LogP contribution in [-0.4, -0.2) is 17.7 Å². The van der Waals surface area contributed by atoms with Gasteiger partial charge in [0.1, 0.15) is 6.10 Å². The van der Waals surface area contributed by atoms with Crippen LogP contribution >= 0.6 is 0 Å². The molecule has 2 rings (SSSR count). The van der Waals surface area contributed by atoms with Gasteiger partial charge in [-0.05, 0) is 6.92 Å². The molecule has 11 heavy (non-hydrogen) atoms. The molecule has 2 nitrogen and oxygen atoms in total. The van der Waals surface area contributed by atoms with Crippen molar-refractivity contribution in [3.8, 4) is 0 Å². The minimum Gasteiger partial charge on any atom is -0.392 e. The SMILES string of the molecule is CC1=NO[C@@H]2CC(F)(F)C[C@H]12. The van der Waals surface area contributed by atoms with Gasteiger partial charge < -0.3 is 4.84 Å². The molecular formula is C7H9F2NO. The molecule has 1 aliphatic carbocycles. The van der Waals surface area contributed by atoms with Crippen LogP contribution in [0.1, 0.15) is 19.8 Å². The predicted molar refractivity (Wildman–Crippen MR) is 35.7 cm³/mol. The number of nitrogens with zero attached hydrogens (tertiary/aromatic N) is 1. The van der Waals surface area contributed by atoms with Crippen LogP contribution in [0.3, 0.4) is 0 Å². The molecule has 2 atom stereocenters. The standard InChI is InChI=1S/C7H9F2NO/c1-4-5-2-7(8,9)3-6(5)11-10-4/h5-6H,2-3H2,1H3/t5-,6-/m1/s1. The summed E-state index contributed by atoms with van der Waals surface area (Å²) in [6, 6.07) is 0. The lowest BCUT2D eigenvalue weighted by Gasteiger charge is -2.06. The lowest BCUT2D eigenvalue weighted by atomic mass is 10.0. The first kappa shape index (κ1) is 7.00. The highest BCUT2D eigenvalue weighted by molar-refractivity contribution is 5.85. The molecule has 1 aliphatic heterocycles. The maximum atomic E-state index is 12.7. The van der Waals surface area contributed by atoms with Crippen molar-refractivity contribution in [1.82, 2.24) is 0 Å². The van der Waals surface area contributed by atoms with E-state index in [1.54, 1.807) is 6.92 Å². The molecule has 0 radical (unpaired) electrons. The number of rotatable bonds is 0. The van der Waals surface area contributed by atoms with E-state index in [0.29, 0.717) is 5.71 Å². The smallest absolute Gasteiger partial charge is 0.252 e. The molecule has 0 aromatic rings. The monoisotopic (exact) mass is 161 g/mol. The topological polar surface area (TPSA) is 21.6 Å². The summed E-state index contributed by atoms with van der Waals surface area (Å²) in [4.78, 5) is 4.83. The molecular weight excluding hydrogens is 152 g/mol. The van der Waals surface area contributed by atoms with E-state index in [1.807, 2.05) is 0 Å². The van der Waals surface area contributed by atoms with Gasteiger partial charge in [-0.25, -0.2) is 8.78 Å². The van der Waals surface area contributed by atoms with Gasteiger partial charge >= 0.3 is 0 Å². The third-order valence-corrected chi connectivity index (χ3v) is 2.34. The second-order valence-electron chi connectivity index (χ2n) is 3.25. The Labute approximate surface area is 63.2 Å². The Morgan fingerprint density at radius 3 is 2.91 bits per heavy atom. The number of alkyl halides is 2. The molecule has 2 aliphatic rings. The van der Waals surface area contributed by atoms with Crippen molar-refractivity contribution < 1.29 is 13.6 Å². The van der Waals surface area contributed by atoms with Crippen LogP contribution in [0.25, 0.3) is 0 Å².